The smallest absolute Gasteiger partial charge is 0.0994 e. The van der Waals surface area contributed by atoms with Gasteiger partial charge in [-0.15, -0.1) is 0 Å². The van der Waals surface area contributed by atoms with Gasteiger partial charge >= 0.3 is 0 Å². The van der Waals surface area contributed by atoms with Crippen LogP contribution in [-0.4, -0.2) is 0 Å². The van der Waals surface area contributed by atoms with Crippen molar-refractivity contribution in [3.63, 3.8) is 0 Å². The maximum absolute atomic E-state index is 13.2. The van der Waals surface area contributed by atoms with Crippen molar-refractivity contribution in [3.05, 3.63) is 11.4 Å². The predicted molar refractivity (Wildman–Crippen MR) is 46.1 cm³/mol. The summed E-state index contributed by atoms with van der Waals surface area (Å²) in [7, 11) is 0. The van der Waals surface area contributed by atoms with Gasteiger partial charge in [-0.05, 0) is 43.6 Å². The Morgan fingerprint density at radius 1 is 1.36 bits per heavy atom. The molecule has 0 heterocycles. The minimum Gasteiger partial charge on any atom is -0.212 e. The van der Waals surface area contributed by atoms with Crippen LogP contribution in [0.2, 0.25) is 0 Å². The molecule has 0 saturated carbocycles. The molecule has 1 atom stereocenters. The lowest BCUT2D eigenvalue weighted by Gasteiger charge is -2.19. The van der Waals surface area contributed by atoms with Gasteiger partial charge in [-0.1, -0.05) is 13.8 Å². The average Bonchev–Trinajstić information content (AvgIpc) is 2.04. The Labute approximate surface area is 68.5 Å². The van der Waals surface area contributed by atoms with Crippen LogP contribution in [0.5, 0.6) is 0 Å². The molecule has 0 aromatic heterocycles. The number of rotatable bonds is 2. The van der Waals surface area contributed by atoms with E-state index in [1.165, 1.54) is 6.42 Å². The van der Waals surface area contributed by atoms with Crippen molar-refractivity contribution in [1.82, 2.24) is 0 Å². The van der Waals surface area contributed by atoms with Gasteiger partial charge in [-0.3, -0.25) is 0 Å². The Bertz CT molecular complexity index is 158. The molecular formula is C10H17F. The molecule has 1 aliphatic carbocycles. The summed E-state index contributed by atoms with van der Waals surface area (Å²) in [6.45, 7) is 4.25. The number of hydrogen-bond donors (Lipinski definition) is 0. The third kappa shape index (κ3) is 2.05. The van der Waals surface area contributed by atoms with E-state index < -0.39 is 0 Å². The first-order valence-electron chi connectivity index (χ1n) is 4.63. The number of allylic oxidation sites excluding steroid dienone is 2. The van der Waals surface area contributed by atoms with Crippen LogP contribution in [0.3, 0.4) is 0 Å². The molecular weight excluding hydrogens is 139 g/mol. The van der Waals surface area contributed by atoms with Gasteiger partial charge in [0.05, 0.1) is 5.83 Å². The molecule has 0 aliphatic heterocycles. The number of hydrogen-bond acceptors (Lipinski definition) is 0. The molecule has 0 bridgehead atoms. The lowest BCUT2D eigenvalue weighted by molar-refractivity contribution is 0.469. The van der Waals surface area contributed by atoms with Gasteiger partial charge < -0.3 is 0 Å². The van der Waals surface area contributed by atoms with Crippen LogP contribution >= 0.6 is 0 Å². The lowest BCUT2D eigenvalue weighted by Crippen LogP contribution is -2.04. The molecule has 0 spiro atoms. The standard InChI is InChI=1S/C10H17F/c1-3-8(2)9-6-4-5-7-10(9)11/h8H,3-7H2,1-2H3/t8-/m1/s1. The molecule has 1 aliphatic rings. The molecule has 1 rings (SSSR count). The van der Waals surface area contributed by atoms with E-state index in [0.29, 0.717) is 12.3 Å². The molecule has 0 N–H and O–H groups in total. The van der Waals surface area contributed by atoms with Crippen LogP contribution in [0.1, 0.15) is 46.0 Å². The van der Waals surface area contributed by atoms with Gasteiger partial charge in [0, 0.05) is 0 Å². The molecule has 11 heavy (non-hydrogen) atoms. The SMILES string of the molecule is CC[C@@H](C)C1=C(F)CCCC1. The highest BCUT2D eigenvalue weighted by atomic mass is 19.1. The highest BCUT2D eigenvalue weighted by Crippen LogP contribution is 2.31. The summed E-state index contributed by atoms with van der Waals surface area (Å²) >= 11 is 0. The molecule has 0 aromatic carbocycles. The van der Waals surface area contributed by atoms with Crippen molar-refractivity contribution in [2.45, 2.75) is 46.0 Å². The topological polar surface area (TPSA) is 0 Å². The molecule has 64 valence electrons. The highest BCUT2D eigenvalue weighted by Gasteiger charge is 2.16. The second-order valence-electron chi connectivity index (χ2n) is 3.45. The van der Waals surface area contributed by atoms with E-state index in [2.05, 4.69) is 13.8 Å². The van der Waals surface area contributed by atoms with Crippen molar-refractivity contribution >= 4 is 0 Å². The van der Waals surface area contributed by atoms with Crippen LogP contribution < -0.4 is 0 Å². The Balaban J connectivity index is 2.65. The van der Waals surface area contributed by atoms with E-state index in [1.54, 1.807) is 0 Å². The molecule has 0 unspecified atom stereocenters. The summed E-state index contributed by atoms with van der Waals surface area (Å²) in [5.74, 6) is 0.654. The monoisotopic (exact) mass is 156 g/mol. The second-order valence-corrected chi connectivity index (χ2v) is 3.45. The quantitative estimate of drug-likeness (QED) is 0.570. The van der Waals surface area contributed by atoms with Crippen molar-refractivity contribution in [1.29, 1.82) is 0 Å². The molecule has 0 radical (unpaired) electrons. The maximum Gasteiger partial charge on any atom is 0.0994 e. The summed E-state index contributed by atoms with van der Waals surface area (Å²) in [6.07, 6.45) is 5.00. The minimum atomic E-state index is 0.186. The van der Waals surface area contributed by atoms with Gasteiger partial charge in [0.2, 0.25) is 0 Å². The Hall–Kier alpha value is -0.330. The first-order chi connectivity index (χ1) is 5.25. The van der Waals surface area contributed by atoms with Gasteiger partial charge in [-0.2, -0.15) is 0 Å². The predicted octanol–water partition coefficient (Wildman–Crippen LogP) is 3.83. The molecule has 1 heteroatoms. The average molecular weight is 156 g/mol. The summed E-state index contributed by atoms with van der Waals surface area (Å²) in [5, 5.41) is 0. The molecule has 0 fully saturated rings. The van der Waals surface area contributed by atoms with Gasteiger partial charge in [0.15, 0.2) is 0 Å². The van der Waals surface area contributed by atoms with Crippen LogP contribution in [-0.2, 0) is 0 Å². The first kappa shape index (κ1) is 8.76. The molecule has 0 saturated heterocycles. The fourth-order valence-electron chi connectivity index (χ4n) is 1.65. The third-order valence-electron chi connectivity index (χ3n) is 2.65. The van der Waals surface area contributed by atoms with Crippen LogP contribution in [0.4, 0.5) is 4.39 Å². The highest BCUT2D eigenvalue weighted by molar-refractivity contribution is 5.13. The van der Waals surface area contributed by atoms with E-state index >= 15 is 0 Å². The van der Waals surface area contributed by atoms with Gasteiger partial charge in [0.1, 0.15) is 0 Å². The molecule has 0 amide bonds. The van der Waals surface area contributed by atoms with Gasteiger partial charge in [-0.25, -0.2) is 4.39 Å². The van der Waals surface area contributed by atoms with Crippen molar-refractivity contribution < 1.29 is 4.39 Å². The first-order valence-corrected chi connectivity index (χ1v) is 4.63. The Morgan fingerprint density at radius 3 is 2.55 bits per heavy atom. The zero-order valence-corrected chi connectivity index (χ0v) is 7.49. The van der Waals surface area contributed by atoms with Crippen molar-refractivity contribution in [2.75, 3.05) is 0 Å². The number of halogens is 1. The van der Waals surface area contributed by atoms with E-state index in [-0.39, 0.29) is 5.83 Å². The van der Waals surface area contributed by atoms with E-state index in [0.717, 1.165) is 24.8 Å². The largest absolute Gasteiger partial charge is 0.212 e. The second kappa shape index (κ2) is 3.89. The van der Waals surface area contributed by atoms with Crippen LogP contribution in [0.15, 0.2) is 11.4 Å². The lowest BCUT2D eigenvalue weighted by atomic mass is 9.88. The van der Waals surface area contributed by atoms with E-state index in [4.69, 9.17) is 0 Å². The van der Waals surface area contributed by atoms with Crippen molar-refractivity contribution in [3.8, 4) is 0 Å². The molecule has 0 aromatic rings. The summed E-state index contributed by atoms with van der Waals surface area (Å²) < 4.78 is 13.2. The summed E-state index contributed by atoms with van der Waals surface area (Å²) in [6, 6.07) is 0. The minimum absolute atomic E-state index is 0.186. The summed E-state index contributed by atoms with van der Waals surface area (Å²) in [4.78, 5) is 0. The van der Waals surface area contributed by atoms with Crippen LogP contribution in [0.25, 0.3) is 0 Å². The normalized spacial score (nSPS) is 22.1. The zero-order chi connectivity index (χ0) is 8.27. The fraction of sp³-hybridized carbons (Fsp3) is 0.800. The fourth-order valence-corrected chi connectivity index (χ4v) is 1.65. The Morgan fingerprint density at radius 2 is 2.00 bits per heavy atom. The molecule has 0 nitrogen and oxygen atoms in total. The van der Waals surface area contributed by atoms with E-state index in [1.807, 2.05) is 0 Å². The van der Waals surface area contributed by atoms with Crippen LogP contribution in [0, 0.1) is 5.92 Å². The third-order valence-corrected chi connectivity index (χ3v) is 2.65. The Kier molecular flexibility index (Phi) is 3.10. The summed E-state index contributed by atoms with van der Waals surface area (Å²) in [5.41, 5.74) is 1.10. The maximum atomic E-state index is 13.2. The zero-order valence-electron chi connectivity index (χ0n) is 7.49. The van der Waals surface area contributed by atoms with Crippen molar-refractivity contribution in [2.24, 2.45) is 5.92 Å². The van der Waals surface area contributed by atoms with E-state index in [9.17, 15) is 4.39 Å². The van der Waals surface area contributed by atoms with Gasteiger partial charge in [0.25, 0.3) is 0 Å².